The molecule has 0 amide bonds. The molecular formula is C20H20FNO3. The molecule has 0 atom stereocenters. The van der Waals surface area contributed by atoms with Gasteiger partial charge in [-0.3, -0.25) is 4.79 Å². The maximum Gasteiger partial charge on any atom is 0.331 e. The first-order valence-corrected chi connectivity index (χ1v) is 8.27. The minimum absolute atomic E-state index is 0.185. The van der Waals surface area contributed by atoms with E-state index in [4.69, 9.17) is 4.74 Å². The number of carbonyl (C=O) groups is 2. The predicted octanol–water partition coefficient (Wildman–Crippen LogP) is 4.02. The summed E-state index contributed by atoms with van der Waals surface area (Å²) in [6.07, 6.45) is 5.42. The molecule has 130 valence electrons. The standard InChI is InChI=1S/C20H20FNO3/c1-13-10-15(14(2)22(13)18-7-8-18)6-9-20(24)25-12-19(23)16-4-3-5-17(21)11-16/h3-6,9-11,18H,7-8,12H2,1-2H3/b9-6+. The summed E-state index contributed by atoms with van der Waals surface area (Å²) in [6.45, 7) is 3.68. The summed E-state index contributed by atoms with van der Waals surface area (Å²) in [5.74, 6) is -1.53. The third-order valence-corrected chi connectivity index (χ3v) is 4.33. The number of Topliss-reactive ketones (excluding diaryl/α,β-unsaturated/α-hetero) is 1. The van der Waals surface area contributed by atoms with E-state index < -0.39 is 24.2 Å². The van der Waals surface area contributed by atoms with E-state index in [0.717, 1.165) is 17.3 Å². The minimum Gasteiger partial charge on any atom is -0.454 e. The summed E-state index contributed by atoms with van der Waals surface area (Å²) < 4.78 is 20.3. The number of carbonyl (C=O) groups excluding carboxylic acids is 2. The van der Waals surface area contributed by atoms with Gasteiger partial charge < -0.3 is 9.30 Å². The fraction of sp³-hybridized carbons (Fsp3) is 0.300. The normalized spacial score (nSPS) is 14.0. The second kappa shape index (κ2) is 7.05. The van der Waals surface area contributed by atoms with Gasteiger partial charge in [-0.2, -0.15) is 0 Å². The quantitative estimate of drug-likeness (QED) is 0.453. The van der Waals surface area contributed by atoms with Crippen LogP contribution in [0.15, 0.2) is 36.4 Å². The van der Waals surface area contributed by atoms with Crippen LogP contribution in [0.4, 0.5) is 4.39 Å². The zero-order chi connectivity index (χ0) is 18.0. The third kappa shape index (κ3) is 4.05. The SMILES string of the molecule is Cc1cc(/C=C/C(=O)OCC(=O)c2cccc(F)c2)c(C)n1C1CC1. The number of ether oxygens (including phenoxy) is 1. The van der Waals surface area contributed by atoms with Crippen molar-refractivity contribution in [3.05, 3.63) is 64.7 Å². The second-order valence-electron chi connectivity index (χ2n) is 6.30. The van der Waals surface area contributed by atoms with E-state index in [1.165, 1.54) is 42.8 Å². The predicted molar refractivity (Wildman–Crippen MR) is 92.9 cm³/mol. The van der Waals surface area contributed by atoms with Gasteiger partial charge in [-0.25, -0.2) is 9.18 Å². The molecule has 1 fully saturated rings. The molecule has 4 nitrogen and oxygen atoms in total. The molecule has 0 saturated heterocycles. The molecule has 0 spiro atoms. The van der Waals surface area contributed by atoms with Crippen LogP contribution in [-0.2, 0) is 9.53 Å². The molecule has 0 aliphatic heterocycles. The number of hydrogen-bond donors (Lipinski definition) is 0. The summed E-state index contributed by atoms with van der Waals surface area (Å²) >= 11 is 0. The lowest BCUT2D eigenvalue weighted by molar-refractivity contribution is -0.136. The number of ketones is 1. The monoisotopic (exact) mass is 341 g/mol. The highest BCUT2D eigenvalue weighted by Gasteiger charge is 2.26. The van der Waals surface area contributed by atoms with E-state index in [0.29, 0.717) is 6.04 Å². The summed E-state index contributed by atoms with van der Waals surface area (Å²) in [7, 11) is 0. The largest absolute Gasteiger partial charge is 0.454 e. The molecule has 1 aromatic heterocycles. The highest BCUT2D eigenvalue weighted by molar-refractivity contribution is 5.98. The Balaban J connectivity index is 1.58. The van der Waals surface area contributed by atoms with Crippen molar-refractivity contribution in [3.8, 4) is 0 Å². The average Bonchev–Trinajstić information content (AvgIpc) is 3.36. The number of aromatic nitrogens is 1. The third-order valence-electron chi connectivity index (χ3n) is 4.33. The number of esters is 1. The molecule has 1 aromatic carbocycles. The van der Waals surface area contributed by atoms with Gasteiger partial charge in [0.2, 0.25) is 0 Å². The van der Waals surface area contributed by atoms with E-state index >= 15 is 0 Å². The highest BCUT2D eigenvalue weighted by atomic mass is 19.1. The number of hydrogen-bond acceptors (Lipinski definition) is 3. The molecule has 0 unspecified atom stereocenters. The van der Waals surface area contributed by atoms with Gasteiger partial charge >= 0.3 is 5.97 Å². The van der Waals surface area contributed by atoms with Crippen LogP contribution in [0.2, 0.25) is 0 Å². The van der Waals surface area contributed by atoms with Crippen LogP contribution in [0.3, 0.4) is 0 Å². The van der Waals surface area contributed by atoms with Crippen molar-refractivity contribution < 1.29 is 18.7 Å². The van der Waals surface area contributed by atoms with Crippen LogP contribution in [-0.4, -0.2) is 22.9 Å². The van der Waals surface area contributed by atoms with E-state index in [1.807, 2.05) is 13.0 Å². The zero-order valence-electron chi connectivity index (χ0n) is 14.3. The summed E-state index contributed by atoms with van der Waals surface area (Å²) in [4.78, 5) is 23.7. The van der Waals surface area contributed by atoms with Gasteiger partial charge in [-0.15, -0.1) is 0 Å². The minimum atomic E-state index is -0.596. The number of aryl methyl sites for hydroxylation is 1. The van der Waals surface area contributed by atoms with Crippen molar-refractivity contribution in [2.24, 2.45) is 0 Å². The van der Waals surface area contributed by atoms with Gasteiger partial charge in [-0.1, -0.05) is 12.1 Å². The molecule has 2 aromatic rings. The van der Waals surface area contributed by atoms with E-state index in [2.05, 4.69) is 11.5 Å². The first-order chi connectivity index (χ1) is 12.0. The average molecular weight is 341 g/mol. The lowest BCUT2D eigenvalue weighted by Crippen LogP contribution is -2.12. The molecule has 25 heavy (non-hydrogen) atoms. The maximum absolute atomic E-state index is 13.1. The topological polar surface area (TPSA) is 48.3 Å². The van der Waals surface area contributed by atoms with Crippen molar-refractivity contribution >= 4 is 17.8 Å². The van der Waals surface area contributed by atoms with Crippen molar-refractivity contribution in [2.45, 2.75) is 32.7 Å². The maximum atomic E-state index is 13.1. The molecule has 0 N–H and O–H groups in total. The van der Waals surface area contributed by atoms with Crippen LogP contribution in [0.25, 0.3) is 6.08 Å². The van der Waals surface area contributed by atoms with Crippen molar-refractivity contribution in [2.75, 3.05) is 6.61 Å². The fourth-order valence-electron chi connectivity index (χ4n) is 2.95. The van der Waals surface area contributed by atoms with E-state index in [-0.39, 0.29) is 5.56 Å². The van der Waals surface area contributed by atoms with E-state index in [9.17, 15) is 14.0 Å². The first kappa shape index (κ1) is 17.1. The number of rotatable bonds is 6. The molecule has 5 heteroatoms. The van der Waals surface area contributed by atoms with Crippen molar-refractivity contribution in [1.82, 2.24) is 4.57 Å². The van der Waals surface area contributed by atoms with Gasteiger partial charge in [0.05, 0.1) is 0 Å². The fourth-order valence-corrected chi connectivity index (χ4v) is 2.95. The molecule has 0 radical (unpaired) electrons. The molecular weight excluding hydrogens is 321 g/mol. The highest BCUT2D eigenvalue weighted by Crippen LogP contribution is 2.38. The van der Waals surface area contributed by atoms with Gasteiger partial charge in [-0.05, 0) is 56.5 Å². The molecule has 1 aliphatic rings. The lowest BCUT2D eigenvalue weighted by atomic mass is 10.1. The molecule has 3 rings (SSSR count). The Labute approximate surface area is 145 Å². The molecule has 1 heterocycles. The van der Waals surface area contributed by atoms with Crippen LogP contribution >= 0.6 is 0 Å². The van der Waals surface area contributed by atoms with Crippen LogP contribution in [0.1, 0.15) is 46.2 Å². The van der Waals surface area contributed by atoms with Gasteiger partial charge in [0.15, 0.2) is 12.4 Å². The Morgan fingerprint density at radius 2 is 2.04 bits per heavy atom. The summed E-state index contributed by atoms with van der Waals surface area (Å²) in [6, 6.07) is 7.93. The Kier molecular flexibility index (Phi) is 4.83. The number of halogens is 1. The molecule has 1 aliphatic carbocycles. The Morgan fingerprint density at radius 1 is 1.28 bits per heavy atom. The number of nitrogens with zero attached hydrogens (tertiary/aromatic N) is 1. The van der Waals surface area contributed by atoms with Gasteiger partial charge in [0, 0.05) is 29.1 Å². The van der Waals surface area contributed by atoms with Gasteiger partial charge in [0.25, 0.3) is 0 Å². The van der Waals surface area contributed by atoms with Crippen LogP contribution in [0, 0.1) is 19.7 Å². The smallest absolute Gasteiger partial charge is 0.331 e. The Hall–Kier alpha value is -2.69. The lowest BCUT2D eigenvalue weighted by Gasteiger charge is -2.06. The van der Waals surface area contributed by atoms with Gasteiger partial charge in [0.1, 0.15) is 5.82 Å². The Morgan fingerprint density at radius 3 is 2.72 bits per heavy atom. The Bertz CT molecular complexity index is 847. The summed E-state index contributed by atoms with van der Waals surface area (Å²) in [5.41, 5.74) is 3.46. The first-order valence-electron chi connectivity index (χ1n) is 8.27. The van der Waals surface area contributed by atoms with Crippen molar-refractivity contribution in [3.63, 3.8) is 0 Å². The van der Waals surface area contributed by atoms with E-state index in [1.54, 1.807) is 6.08 Å². The van der Waals surface area contributed by atoms with Crippen LogP contribution < -0.4 is 0 Å². The zero-order valence-corrected chi connectivity index (χ0v) is 14.3. The molecule has 0 bridgehead atoms. The second-order valence-corrected chi connectivity index (χ2v) is 6.30. The van der Waals surface area contributed by atoms with Crippen molar-refractivity contribution in [1.29, 1.82) is 0 Å². The van der Waals surface area contributed by atoms with Crippen LogP contribution in [0.5, 0.6) is 0 Å². The number of benzene rings is 1. The summed E-state index contributed by atoms with van der Waals surface area (Å²) in [5, 5.41) is 0. The molecule has 1 saturated carbocycles.